The van der Waals surface area contributed by atoms with E-state index >= 15 is 0 Å². The van der Waals surface area contributed by atoms with Gasteiger partial charge in [-0.05, 0) is 140 Å². The summed E-state index contributed by atoms with van der Waals surface area (Å²) in [6.45, 7) is 0.104. The molecule has 2 aliphatic heterocycles. The summed E-state index contributed by atoms with van der Waals surface area (Å²) in [7, 11) is 0. The summed E-state index contributed by atoms with van der Waals surface area (Å²) in [5.41, 5.74) is 1.03. The molecule has 70 heavy (non-hydrogen) atoms. The SMILES string of the molecule is O=C(CCCN1C(=O)c2ccc3c4c(ccc(c24)C1=O)C(=O)N(CCCC(=O)OC1CCCC(N(C2CCCCC2)C2CCCCC2)C1)C3=O)OC1CCCC(N(C2CCCCC2)C2CCCCC2)C1. The van der Waals surface area contributed by atoms with Gasteiger partial charge in [0.15, 0.2) is 0 Å². The number of benzene rings is 2. The quantitative estimate of drug-likeness (QED) is 0.118. The topological polar surface area (TPSA) is 134 Å². The smallest absolute Gasteiger partial charge is 0.306 e. The molecule has 12 nitrogen and oxygen atoms in total. The first kappa shape index (κ1) is 49.4. The summed E-state index contributed by atoms with van der Waals surface area (Å²) in [4.78, 5) is 90.9. The molecular weight excluding hydrogens is 881 g/mol. The van der Waals surface area contributed by atoms with Crippen molar-refractivity contribution >= 4 is 46.3 Å². The Morgan fingerprint density at radius 2 is 0.686 bits per heavy atom. The molecule has 8 aliphatic rings. The van der Waals surface area contributed by atoms with E-state index in [2.05, 4.69) is 9.80 Å². The summed E-state index contributed by atoms with van der Waals surface area (Å²) in [5.74, 6) is -2.59. The molecule has 4 amide bonds. The molecule has 0 N–H and O–H groups in total. The molecule has 380 valence electrons. The molecule has 2 aromatic carbocycles. The van der Waals surface area contributed by atoms with Crippen LogP contribution in [0.4, 0.5) is 0 Å². The second kappa shape index (κ2) is 22.7. The zero-order chi connectivity index (χ0) is 48.1. The first-order chi connectivity index (χ1) is 34.2. The lowest BCUT2D eigenvalue weighted by Crippen LogP contribution is -2.53. The summed E-state index contributed by atoms with van der Waals surface area (Å²) in [6.07, 6.45) is 34.5. The number of nitrogens with zero attached hydrogens (tertiary/aromatic N) is 4. The molecule has 12 heteroatoms. The van der Waals surface area contributed by atoms with Crippen molar-refractivity contribution in [2.75, 3.05) is 13.1 Å². The second-order valence-corrected chi connectivity index (χ2v) is 22.7. The maximum absolute atomic E-state index is 14.0. The molecule has 0 radical (unpaired) electrons. The Labute approximate surface area is 416 Å². The van der Waals surface area contributed by atoms with E-state index in [0.29, 0.717) is 47.0 Å². The highest BCUT2D eigenvalue weighted by atomic mass is 16.5. The van der Waals surface area contributed by atoms with Gasteiger partial charge in [0.2, 0.25) is 0 Å². The fraction of sp³-hybridized carbons (Fsp3) is 0.724. The highest BCUT2D eigenvalue weighted by Gasteiger charge is 2.42. The van der Waals surface area contributed by atoms with Crippen molar-refractivity contribution in [2.24, 2.45) is 0 Å². The molecule has 0 bridgehead atoms. The van der Waals surface area contributed by atoms with Gasteiger partial charge < -0.3 is 9.47 Å². The molecular formula is C58H80N4O8. The van der Waals surface area contributed by atoms with E-state index in [1.807, 2.05) is 0 Å². The van der Waals surface area contributed by atoms with E-state index in [0.717, 1.165) is 51.4 Å². The minimum absolute atomic E-state index is 0.0520. The first-order valence-corrected chi connectivity index (χ1v) is 28.5. The minimum Gasteiger partial charge on any atom is -0.462 e. The lowest BCUT2D eigenvalue weighted by molar-refractivity contribution is -0.153. The standard InChI is InChI=1S/C58H80N4O8/c63-51(69-45-27-13-25-43(37-45)61(39-17-5-1-6-18-39)40-19-7-2-8-20-40)29-15-35-59-55(65)47-31-33-49-54-50(34-32-48(53(47)54)56(59)66)58(68)60(57(49)67)36-16-30-52(64)70-46-28-14-26-44(38-46)62(41-21-9-3-10-22-41)42-23-11-4-12-24-42/h31-34,39-46H,1-30,35-38H2. The van der Waals surface area contributed by atoms with Gasteiger partial charge >= 0.3 is 11.9 Å². The van der Waals surface area contributed by atoms with Crippen molar-refractivity contribution in [1.82, 2.24) is 19.6 Å². The molecule has 6 aliphatic carbocycles. The molecule has 0 spiro atoms. The number of hydrogen-bond acceptors (Lipinski definition) is 10. The number of hydrogen-bond donors (Lipinski definition) is 0. The van der Waals surface area contributed by atoms with E-state index in [9.17, 15) is 28.8 Å². The molecule has 6 saturated carbocycles. The fourth-order valence-electron chi connectivity index (χ4n) is 14.9. The number of amides is 4. The van der Waals surface area contributed by atoms with Crippen LogP contribution in [0.3, 0.4) is 0 Å². The fourth-order valence-corrected chi connectivity index (χ4v) is 14.9. The second-order valence-electron chi connectivity index (χ2n) is 22.7. The largest absolute Gasteiger partial charge is 0.462 e. The molecule has 0 aromatic heterocycles. The van der Waals surface area contributed by atoms with Gasteiger partial charge in [-0.2, -0.15) is 0 Å². The van der Waals surface area contributed by atoms with Crippen molar-refractivity contribution in [3.63, 3.8) is 0 Å². The van der Waals surface area contributed by atoms with Crippen LogP contribution in [0.1, 0.15) is 247 Å². The molecule has 4 unspecified atom stereocenters. The summed E-state index contributed by atoms with van der Waals surface area (Å²) in [5, 5.41) is 0.647. The van der Waals surface area contributed by atoms with Crippen LogP contribution in [0.15, 0.2) is 24.3 Å². The Bertz CT molecular complexity index is 1980. The first-order valence-electron chi connectivity index (χ1n) is 28.5. The van der Waals surface area contributed by atoms with Crippen LogP contribution in [0, 0.1) is 0 Å². The lowest BCUT2D eigenvalue weighted by Gasteiger charge is -2.48. The van der Waals surface area contributed by atoms with Crippen LogP contribution >= 0.6 is 0 Å². The average molecular weight is 961 g/mol. The highest BCUT2D eigenvalue weighted by molar-refractivity contribution is 6.33. The van der Waals surface area contributed by atoms with Crippen molar-refractivity contribution in [1.29, 1.82) is 0 Å². The van der Waals surface area contributed by atoms with Gasteiger partial charge in [-0.3, -0.25) is 48.4 Å². The van der Waals surface area contributed by atoms with Gasteiger partial charge in [0, 0.05) is 95.2 Å². The third-order valence-corrected chi connectivity index (χ3v) is 18.2. The van der Waals surface area contributed by atoms with Gasteiger partial charge in [-0.15, -0.1) is 0 Å². The predicted molar refractivity (Wildman–Crippen MR) is 269 cm³/mol. The van der Waals surface area contributed by atoms with E-state index in [1.54, 1.807) is 24.3 Å². The molecule has 10 rings (SSSR count). The van der Waals surface area contributed by atoms with Crippen LogP contribution in [0.25, 0.3) is 10.8 Å². The number of esters is 2. The Kier molecular flexibility index (Phi) is 16.0. The number of carbonyl (C=O) groups is 6. The predicted octanol–water partition coefficient (Wildman–Crippen LogP) is 11.2. The Balaban J connectivity index is 0.717. The number of imide groups is 2. The third kappa shape index (κ3) is 10.7. The number of carbonyl (C=O) groups excluding carboxylic acids is 6. The van der Waals surface area contributed by atoms with Gasteiger partial charge in [-0.1, -0.05) is 77.0 Å². The molecule has 6 fully saturated rings. The van der Waals surface area contributed by atoms with Crippen LogP contribution in [-0.2, 0) is 19.1 Å². The van der Waals surface area contributed by atoms with Gasteiger partial charge in [0.25, 0.3) is 23.6 Å². The Morgan fingerprint density at radius 3 is 0.986 bits per heavy atom. The number of rotatable bonds is 16. The van der Waals surface area contributed by atoms with E-state index < -0.39 is 23.6 Å². The van der Waals surface area contributed by atoms with Crippen molar-refractivity contribution < 1.29 is 38.2 Å². The van der Waals surface area contributed by atoms with Crippen molar-refractivity contribution in [2.45, 2.75) is 254 Å². The number of ether oxygens (including phenoxy) is 2. The van der Waals surface area contributed by atoms with E-state index in [-0.39, 0.29) is 85.2 Å². The van der Waals surface area contributed by atoms with Crippen LogP contribution in [0.5, 0.6) is 0 Å². The minimum atomic E-state index is -0.504. The molecule has 2 heterocycles. The molecule has 2 aromatic rings. The van der Waals surface area contributed by atoms with E-state index in [4.69, 9.17) is 9.47 Å². The third-order valence-electron chi connectivity index (χ3n) is 18.2. The molecule has 4 atom stereocenters. The Morgan fingerprint density at radius 1 is 0.400 bits per heavy atom. The van der Waals surface area contributed by atoms with Crippen LogP contribution in [-0.4, -0.2) is 117 Å². The van der Waals surface area contributed by atoms with Gasteiger partial charge in [-0.25, -0.2) is 0 Å². The van der Waals surface area contributed by atoms with Crippen LogP contribution in [0.2, 0.25) is 0 Å². The maximum Gasteiger partial charge on any atom is 0.306 e. The summed E-state index contributed by atoms with van der Waals surface area (Å²) in [6, 6.07) is 9.78. The average Bonchev–Trinajstić information content (AvgIpc) is 3.38. The van der Waals surface area contributed by atoms with E-state index in [1.165, 1.54) is 138 Å². The maximum atomic E-state index is 14.0. The van der Waals surface area contributed by atoms with Crippen molar-refractivity contribution in [3.05, 3.63) is 46.5 Å². The lowest BCUT2D eigenvalue weighted by atomic mass is 9.83. The van der Waals surface area contributed by atoms with Crippen LogP contribution < -0.4 is 0 Å². The zero-order valence-electron chi connectivity index (χ0n) is 42.0. The van der Waals surface area contributed by atoms with Gasteiger partial charge in [0.05, 0.1) is 0 Å². The summed E-state index contributed by atoms with van der Waals surface area (Å²) >= 11 is 0. The highest BCUT2D eigenvalue weighted by Crippen LogP contribution is 2.41. The van der Waals surface area contributed by atoms with Gasteiger partial charge in [0.1, 0.15) is 12.2 Å². The Hall–Kier alpha value is -4.16. The molecule has 0 saturated heterocycles. The summed E-state index contributed by atoms with van der Waals surface area (Å²) < 4.78 is 12.3. The van der Waals surface area contributed by atoms with Crippen molar-refractivity contribution in [3.8, 4) is 0 Å². The zero-order valence-corrected chi connectivity index (χ0v) is 42.0. The monoisotopic (exact) mass is 961 g/mol. The normalized spacial score (nSPS) is 26.7.